The number of carbonyl (C=O) groups is 3. The van der Waals surface area contributed by atoms with Crippen LogP contribution in [-0.4, -0.2) is 24.0 Å². The Kier molecular flexibility index (Phi) is 4.95. The van der Waals surface area contributed by atoms with Crippen molar-refractivity contribution in [3.05, 3.63) is 30.3 Å². The monoisotopic (exact) mass is 292 g/mol. The van der Waals surface area contributed by atoms with Crippen LogP contribution in [0.3, 0.4) is 0 Å². The van der Waals surface area contributed by atoms with E-state index in [0.29, 0.717) is 12.8 Å². The molecule has 0 amide bonds. The second-order valence-corrected chi connectivity index (χ2v) is 5.83. The molecule has 0 aromatic heterocycles. The van der Waals surface area contributed by atoms with E-state index in [1.54, 1.807) is 0 Å². The van der Waals surface area contributed by atoms with Crippen LogP contribution in [0.4, 0.5) is 0 Å². The van der Waals surface area contributed by atoms with Crippen molar-refractivity contribution in [2.75, 3.05) is 7.11 Å². The molecular formula is C15H16O4S. The van der Waals surface area contributed by atoms with Gasteiger partial charge in [0.25, 0.3) is 0 Å². The normalized spacial score (nSPS) is 22.4. The van der Waals surface area contributed by atoms with Crippen LogP contribution in [0.1, 0.15) is 19.3 Å². The molecule has 0 saturated heterocycles. The fourth-order valence-electron chi connectivity index (χ4n) is 2.37. The van der Waals surface area contributed by atoms with E-state index in [4.69, 9.17) is 4.74 Å². The van der Waals surface area contributed by atoms with Crippen LogP contribution in [0, 0.1) is 11.8 Å². The number of hydrogen-bond acceptors (Lipinski definition) is 5. The Morgan fingerprint density at radius 1 is 1.20 bits per heavy atom. The molecule has 0 aliphatic heterocycles. The minimum atomic E-state index is -0.634. The van der Waals surface area contributed by atoms with E-state index in [1.165, 1.54) is 7.11 Å². The van der Waals surface area contributed by atoms with E-state index in [2.05, 4.69) is 0 Å². The second-order valence-electron chi connectivity index (χ2n) is 4.75. The first-order valence-electron chi connectivity index (χ1n) is 6.48. The van der Waals surface area contributed by atoms with Crippen LogP contribution in [0.2, 0.25) is 0 Å². The average Bonchev–Trinajstić information content (AvgIpc) is 2.47. The highest BCUT2D eigenvalue weighted by Gasteiger charge is 2.39. The van der Waals surface area contributed by atoms with Gasteiger partial charge in [0.2, 0.25) is 0 Å². The van der Waals surface area contributed by atoms with Crippen LogP contribution in [-0.2, 0) is 19.1 Å². The standard InChI is InChI=1S/C15H16O4S/c1-19-14(17)13-9-10(16)7-8-12(13)15(18)20-11-5-3-2-4-6-11/h2-6,12-13H,7-9H2,1H3/t12-,13-/m0/s1. The van der Waals surface area contributed by atoms with Crippen LogP contribution in [0.15, 0.2) is 35.2 Å². The van der Waals surface area contributed by atoms with Crippen LogP contribution < -0.4 is 0 Å². The minimum absolute atomic E-state index is 0.0224. The van der Waals surface area contributed by atoms with E-state index in [1.807, 2.05) is 30.3 Å². The molecule has 0 spiro atoms. The Hall–Kier alpha value is -1.62. The smallest absolute Gasteiger partial charge is 0.309 e. The van der Waals surface area contributed by atoms with Crippen molar-refractivity contribution in [3.63, 3.8) is 0 Å². The molecule has 1 aromatic carbocycles. The largest absolute Gasteiger partial charge is 0.469 e. The Bertz CT molecular complexity index is 512. The highest BCUT2D eigenvalue weighted by atomic mass is 32.2. The van der Waals surface area contributed by atoms with Gasteiger partial charge < -0.3 is 4.74 Å². The second kappa shape index (κ2) is 6.70. The predicted octanol–water partition coefficient (Wildman–Crippen LogP) is 2.46. The van der Waals surface area contributed by atoms with E-state index < -0.39 is 17.8 Å². The van der Waals surface area contributed by atoms with Gasteiger partial charge in [-0.25, -0.2) is 0 Å². The van der Waals surface area contributed by atoms with Crippen LogP contribution in [0.5, 0.6) is 0 Å². The zero-order valence-corrected chi connectivity index (χ0v) is 12.0. The molecule has 1 aromatic rings. The van der Waals surface area contributed by atoms with E-state index >= 15 is 0 Å². The number of ketones is 1. The topological polar surface area (TPSA) is 60.4 Å². The Balaban J connectivity index is 2.10. The summed E-state index contributed by atoms with van der Waals surface area (Å²) < 4.78 is 4.72. The quantitative estimate of drug-likeness (QED) is 0.632. The highest BCUT2D eigenvalue weighted by Crippen LogP contribution is 2.35. The lowest BCUT2D eigenvalue weighted by Gasteiger charge is -2.27. The van der Waals surface area contributed by atoms with Gasteiger partial charge in [-0.2, -0.15) is 0 Å². The average molecular weight is 292 g/mol. The fraction of sp³-hybridized carbons (Fsp3) is 0.400. The number of ether oxygens (including phenoxy) is 1. The number of benzene rings is 1. The van der Waals surface area contributed by atoms with Gasteiger partial charge in [-0.15, -0.1) is 0 Å². The number of Topliss-reactive ketones (excluding diaryl/α,β-unsaturated/α-hetero) is 1. The molecule has 4 nitrogen and oxygen atoms in total. The zero-order valence-electron chi connectivity index (χ0n) is 11.2. The summed E-state index contributed by atoms with van der Waals surface area (Å²) in [6.07, 6.45) is 0.898. The van der Waals surface area contributed by atoms with Crippen LogP contribution >= 0.6 is 11.8 Å². The van der Waals surface area contributed by atoms with Crippen molar-refractivity contribution in [1.29, 1.82) is 0 Å². The highest BCUT2D eigenvalue weighted by molar-refractivity contribution is 8.13. The van der Waals surface area contributed by atoms with Gasteiger partial charge >= 0.3 is 5.97 Å². The summed E-state index contributed by atoms with van der Waals surface area (Å²) in [6.45, 7) is 0. The maximum Gasteiger partial charge on any atom is 0.309 e. The first-order valence-corrected chi connectivity index (χ1v) is 7.29. The number of esters is 1. The van der Waals surface area contributed by atoms with Gasteiger partial charge in [-0.3, -0.25) is 14.4 Å². The van der Waals surface area contributed by atoms with Crippen molar-refractivity contribution in [2.24, 2.45) is 11.8 Å². The summed E-state index contributed by atoms with van der Waals surface area (Å²) in [5.41, 5.74) is 0. The molecule has 2 atom stereocenters. The minimum Gasteiger partial charge on any atom is -0.469 e. The first kappa shape index (κ1) is 14.8. The Morgan fingerprint density at radius 3 is 2.55 bits per heavy atom. The molecule has 1 fully saturated rings. The number of hydrogen-bond donors (Lipinski definition) is 0. The van der Waals surface area contributed by atoms with Crippen molar-refractivity contribution in [2.45, 2.75) is 24.2 Å². The van der Waals surface area contributed by atoms with E-state index in [0.717, 1.165) is 16.7 Å². The third-order valence-electron chi connectivity index (χ3n) is 3.44. The lowest BCUT2D eigenvalue weighted by atomic mass is 9.79. The third-order valence-corrected chi connectivity index (χ3v) is 4.45. The molecule has 0 radical (unpaired) electrons. The number of thioether (sulfide) groups is 1. The van der Waals surface area contributed by atoms with E-state index in [9.17, 15) is 14.4 Å². The maximum atomic E-state index is 12.3. The van der Waals surface area contributed by atoms with Gasteiger partial charge in [0, 0.05) is 23.7 Å². The number of rotatable bonds is 3. The molecule has 5 heteroatoms. The molecule has 106 valence electrons. The fourth-order valence-corrected chi connectivity index (χ4v) is 3.33. The maximum absolute atomic E-state index is 12.3. The molecule has 1 aliphatic rings. The van der Waals surface area contributed by atoms with Gasteiger partial charge in [0.15, 0.2) is 5.12 Å². The van der Waals surface area contributed by atoms with Crippen molar-refractivity contribution < 1.29 is 19.1 Å². The molecule has 0 bridgehead atoms. The lowest BCUT2D eigenvalue weighted by molar-refractivity contribution is -0.152. The summed E-state index contributed by atoms with van der Waals surface area (Å²) in [5, 5.41) is -0.0703. The molecule has 2 rings (SSSR count). The molecule has 1 saturated carbocycles. The molecular weight excluding hydrogens is 276 g/mol. The molecule has 0 N–H and O–H groups in total. The summed E-state index contributed by atoms with van der Waals surface area (Å²) in [7, 11) is 1.29. The number of carbonyl (C=O) groups excluding carboxylic acids is 3. The van der Waals surface area contributed by atoms with Crippen molar-refractivity contribution in [1.82, 2.24) is 0 Å². The van der Waals surface area contributed by atoms with Gasteiger partial charge in [-0.1, -0.05) is 30.0 Å². The summed E-state index contributed by atoms with van der Waals surface area (Å²) in [4.78, 5) is 36.4. The summed E-state index contributed by atoms with van der Waals surface area (Å²) in [6, 6.07) is 9.30. The summed E-state index contributed by atoms with van der Waals surface area (Å²) in [5.74, 6) is -1.52. The first-order chi connectivity index (χ1) is 9.61. The molecule has 20 heavy (non-hydrogen) atoms. The SMILES string of the molecule is COC(=O)[C@H]1CC(=O)CC[C@@H]1C(=O)Sc1ccccc1. The Labute approximate surface area is 121 Å². The lowest BCUT2D eigenvalue weighted by Crippen LogP contribution is -2.35. The molecule has 0 heterocycles. The molecule has 0 unspecified atom stereocenters. The van der Waals surface area contributed by atoms with Crippen LogP contribution in [0.25, 0.3) is 0 Å². The summed E-state index contributed by atoms with van der Waals surface area (Å²) >= 11 is 1.12. The predicted molar refractivity (Wildman–Crippen MR) is 75.2 cm³/mol. The van der Waals surface area contributed by atoms with E-state index in [-0.39, 0.29) is 17.3 Å². The molecule has 1 aliphatic carbocycles. The zero-order chi connectivity index (χ0) is 14.5. The third kappa shape index (κ3) is 3.48. The van der Waals surface area contributed by atoms with Gasteiger partial charge in [0.1, 0.15) is 5.78 Å². The van der Waals surface area contributed by atoms with Gasteiger partial charge in [-0.05, 0) is 18.6 Å². The van der Waals surface area contributed by atoms with Gasteiger partial charge in [0.05, 0.1) is 13.0 Å². The van der Waals surface area contributed by atoms with Crippen molar-refractivity contribution in [3.8, 4) is 0 Å². The number of methoxy groups -OCH3 is 1. The van der Waals surface area contributed by atoms with Crippen molar-refractivity contribution >= 4 is 28.6 Å². The Morgan fingerprint density at radius 2 is 1.90 bits per heavy atom.